The third kappa shape index (κ3) is 3.60. The summed E-state index contributed by atoms with van der Waals surface area (Å²) in [6.45, 7) is 3.99. The van der Waals surface area contributed by atoms with Crippen molar-refractivity contribution in [3.8, 4) is 11.8 Å². The van der Waals surface area contributed by atoms with Crippen molar-refractivity contribution in [1.82, 2.24) is 9.78 Å². The van der Waals surface area contributed by atoms with E-state index in [2.05, 4.69) is 9.82 Å². The molecule has 0 aliphatic carbocycles. The van der Waals surface area contributed by atoms with Crippen molar-refractivity contribution in [2.45, 2.75) is 24.7 Å². The van der Waals surface area contributed by atoms with Crippen LogP contribution in [0.3, 0.4) is 0 Å². The summed E-state index contributed by atoms with van der Waals surface area (Å²) < 4.78 is 29.6. The van der Waals surface area contributed by atoms with Gasteiger partial charge in [-0.05, 0) is 42.3 Å². The molecule has 0 amide bonds. The van der Waals surface area contributed by atoms with Crippen molar-refractivity contribution in [2.75, 3.05) is 4.72 Å². The Morgan fingerprint density at radius 3 is 2.31 bits per heavy atom. The van der Waals surface area contributed by atoms with Crippen LogP contribution < -0.4 is 4.72 Å². The molecule has 26 heavy (non-hydrogen) atoms. The van der Waals surface area contributed by atoms with Gasteiger partial charge in [0.15, 0.2) is 0 Å². The Morgan fingerprint density at radius 1 is 1.08 bits per heavy atom. The Hall–Kier alpha value is -3.11. The Balaban J connectivity index is 2.01. The molecule has 0 aliphatic rings. The van der Waals surface area contributed by atoms with E-state index < -0.39 is 10.0 Å². The first kappa shape index (κ1) is 17.7. The van der Waals surface area contributed by atoms with Gasteiger partial charge in [0.1, 0.15) is 5.82 Å². The molecule has 2 aromatic carbocycles. The summed E-state index contributed by atoms with van der Waals surface area (Å²) in [5.74, 6) is 0.516. The Bertz CT molecular complexity index is 1050. The Labute approximate surface area is 152 Å². The predicted molar refractivity (Wildman–Crippen MR) is 99.6 cm³/mol. The average Bonchev–Trinajstić information content (AvgIpc) is 3.06. The van der Waals surface area contributed by atoms with E-state index in [1.807, 2.05) is 50.2 Å². The van der Waals surface area contributed by atoms with Gasteiger partial charge in [0, 0.05) is 6.07 Å². The van der Waals surface area contributed by atoms with Gasteiger partial charge in [0.05, 0.1) is 27.9 Å². The minimum atomic E-state index is -3.80. The van der Waals surface area contributed by atoms with Crippen LogP contribution in [0.4, 0.5) is 5.82 Å². The molecule has 0 saturated heterocycles. The molecule has 0 fully saturated rings. The summed E-state index contributed by atoms with van der Waals surface area (Å²) in [7, 11) is -3.80. The number of hydrogen-bond donors (Lipinski definition) is 1. The van der Waals surface area contributed by atoms with Crippen LogP contribution in [0.1, 0.15) is 31.0 Å². The molecule has 0 bridgehead atoms. The molecule has 1 N–H and O–H groups in total. The third-order valence-corrected chi connectivity index (χ3v) is 5.22. The zero-order chi connectivity index (χ0) is 18.7. The molecule has 6 nitrogen and oxygen atoms in total. The summed E-state index contributed by atoms with van der Waals surface area (Å²) in [5.41, 5.74) is 1.95. The lowest BCUT2D eigenvalue weighted by molar-refractivity contribution is 0.600. The summed E-state index contributed by atoms with van der Waals surface area (Å²) in [6.07, 6.45) is 0. The van der Waals surface area contributed by atoms with Crippen molar-refractivity contribution in [3.05, 3.63) is 71.9 Å². The van der Waals surface area contributed by atoms with Crippen molar-refractivity contribution in [3.63, 3.8) is 0 Å². The molecule has 0 radical (unpaired) electrons. The fourth-order valence-electron chi connectivity index (χ4n) is 2.43. The van der Waals surface area contributed by atoms with Crippen LogP contribution in [0, 0.1) is 11.3 Å². The molecule has 132 valence electrons. The number of para-hydroxylation sites is 1. The molecule has 0 unspecified atom stereocenters. The number of nitriles is 1. The highest BCUT2D eigenvalue weighted by atomic mass is 32.2. The van der Waals surface area contributed by atoms with Gasteiger partial charge in [-0.2, -0.15) is 10.4 Å². The quantitative estimate of drug-likeness (QED) is 0.746. The lowest BCUT2D eigenvalue weighted by Crippen LogP contribution is -2.15. The molecule has 0 saturated carbocycles. The van der Waals surface area contributed by atoms with Gasteiger partial charge in [0.2, 0.25) is 0 Å². The maximum atomic E-state index is 12.7. The highest BCUT2D eigenvalue weighted by Crippen LogP contribution is 2.24. The van der Waals surface area contributed by atoms with Crippen molar-refractivity contribution in [1.29, 1.82) is 5.26 Å². The lowest BCUT2D eigenvalue weighted by Gasteiger charge is -2.10. The van der Waals surface area contributed by atoms with E-state index in [1.54, 1.807) is 10.7 Å². The molecule has 7 heteroatoms. The fourth-order valence-corrected chi connectivity index (χ4v) is 3.46. The van der Waals surface area contributed by atoms with Crippen LogP contribution in [0.2, 0.25) is 0 Å². The van der Waals surface area contributed by atoms with Gasteiger partial charge in [-0.15, -0.1) is 0 Å². The van der Waals surface area contributed by atoms with Gasteiger partial charge < -0.3 is 0 Å². The molecule has 3 aromatic rings. The second kappa shape index (κ2) is 7.02. The standard InChI is InChI=1S/C19H18N4O2S/c1-14(2)18-12-19(23(21-18)16-6-4-3-5-7-16)22-26(24,25)17-10-8-15(13-20)9-11-17/h3-12,14,22H,1-2H3. The number of nitrogens with zero attached hydrogens (tertiary/aromatic N) is 3. The minimum absolute atomic E-state index is 0.0865. The predicted octanol–water partition coefficient (Wildman–Crippen LogP) is 3.67. The molecular formula is C19H18N4O2S. The van der Waals surface area contributed by atoms with E-state index in [9.17, 15) is 8.42 Å². The first-order valence-corrected chi connectivity index (χ1v) is 9.57. The number of aromatic nitrogens is 2. The van der Waals surface area contributed by atoms with Crippen LogP contribution >= 0.6 is 0 Å². The monoisotopic (exact) mass is 366 g/mol. The number of sulfonamides is 1. The average molecular weight is 366 g/mol. The number of nitrogens with one attached hydrogen (secondary N) is 1. The molecule has 1 aromatic heterocycles. The van der Waals surface area contributed by atoms with Crippen LogP contribution in [0.5, 0.6) is 0 Å². The van der Waals surface area contributed by atoms with Crippen LogP contribution in [-0.2, 0) is 10.0 Å². The topological polar surface area (TPSA) is 87.8 Å². The Kier molecular flexibility index (Phi) is 4.78. The number of benzene rings is 2. The highest BCUT2D eigenvalue weighted by Gasteiger charge is 2.19. The van der Waals surface area contributed by atoms with Crippen molar-refractivity contribution >= 4 is 15.8 Å². The molecule has 0 aliphatic heterocycles. The number of rotatable bonds is 5. The van der Waals surface area contributed by atoms with Crippen molar-refractivity contribution in [2.24, 2.45) is 0 Å². The maximum Gasteiger partial charge on any atom is 0.263 e. The van der Waals surface area contributed by atoms with Crippen LogP contribution in [0.25, 0.3) is 5.69 Å². The van der Waals surface area contributed by atoms with E-state index in [4.69, 9.17) is 5.26 Å². The first-order valence-electron chi connectivity index (χ1n) is 8.09. The zero-order valence-electron chi connectivity index (χ0n) is 14.4. The Morgan fingerprint density at radius 2 is 1.73 bits per heavy atom. The van der Waals surface area contributed by atoms with Gasteiger partial charge >= 0.3 is 0 Å². The third-order valence-electron chi connectivity index (χ3n) is 3.85. The fraction of sp³-hybridized carbons (Fsp3) is 0.158. The molecular weight excluding hydrogens is 348 g/mol. The van der Waals surface area contributed by atoms with E-state index >= 15 is 0 Å². The SMILES string of the molecule is CC(C)c1cc(NS(=O)(=O)c2ccc(C#N)cc2)n(-c2ccccc2)n1. The van der Waals surface area contributed by atoms with Crippen LogP contribution in [0.15, 0.2) is 65.6 Å². The van der Waals surface area contributed by atoms with Gasteiger partial charge in [-0.1, -0.05) is 32.0 Å². The summed E-state index contributed by atoms with van der Waals surface area (Å²) in [5, 5.41) is 13.4. The molecule has 0 spiro atoms. The smallest absolute Gasteiger partial charge is 0.263 e. The maximum absolute atomic E-state index is 12.7. The summed E-state index contributed by atoms with van der Waals surface area (Å²) >= 11 is 0. The molecule has 3 rings (SSSR count). The van der Waals surface area contributed by atoms with Crippen molar-refractivity contribution < 1.29 is 8.42 Å². The van der Waals surface area contributed by atoms with E-state index in [0.717, 1.165) is 11.4 Å². The van der Waals surface area contributed by atoms with E-state index in [1.165, 1.54) is 24.3 Å². The zero-order valence-corrected chi connectivity index (χ0v) is 15.2. The largest absolute Gasteiger partial charge is 0.263 e. The number of hydrogen-bond acceptors (Lipinski definition) is 4. The molecule has 0 atom stereocenters. The normalized spacial score (nSPS) is 11.3. The summed E-state index contributed by atoms with van der Waals surface area (Å²) in [6, 6.07) is 18.8. The van der Waals surface area contributed by atoms with Gasteiger partial charge in [-0.25, -0.2) is 13.1 Å². The second-order valence-corrected chi connectivity index (χ2v) is 7.78. The highest BCUT2D eigenvalue weighted by molar-refractivity contribution is 7.92. The second-order valence-electron chi connectivity index (χ2n) is 6.10. The number of anilines is 1. The van der Waals surface area contributed by atoms with Crippen LogP contribution in [-0.4, -0.2) is 18.2 Å². The van der Waals surface area contributed by atoms with Gasteiger partial charge in [-0.3, -0.25) is 4.72 Å². The van der Waals surface area contributed by atoms with E-state index in [-0.39, 0.29) is 10.8 Å². The van der Waals surface area contributed by atoms with Gasteiger partial charge in [0.25, 0.3) is 10.0 Å². The lowest BCUT2D eigenvalue weighted by atomic mass is 10.1. The van der Waals surface area contributed by atoms with E-state index in [0.29, 0.717) is 11.4 Å². The first-order chi connectivity index (χ1) is 12.4. The minimum Gasteiger partial charge on any atom is -0.263 e. The molecule has 1 heterocycles. The summed E-state index contributed by atoms with van der Waals surface area (Å²) in [4.78, 5) is 0.0865.